The molecule has 0 amide bonds. The first-order valence-corrected chi connectivity index (χ1v) is 11.9. The van der Waals surface area contributed by atoms with E-state index < -0.39 is 0 Å². The Morgan fingerprint density at radius 3 is 2.43 bits per heavy atom. The van der Waals surface area contributed by atoms with Gasteiger partial charge in [-0.1, -0.05) is 20.3 Å². The first-order chi connectivity index (χ1) is 14.2. The van der Waals surface area contributed by atoms with Crippen LogP contribution in [0.5, 0.6) is 11.5 Å². The Hall–Kier alpha value is -1.26. The maximum absolute atomic E-state index is 10.9. The maximum atomic E-state index is 10.9. The third-order valence-electron chi connectivity index (χ3n) is 10.3. The molecule has 4 aliphatic rings. The van der Waals surface area contributed by atoms with Crippen LogP contribution >= 0.6 is 0 Å². The minimum absolute atomic E-state index is 0.0789. The molecule has 7 unspecified atom stereocenters. The van der Waals surface area contributed by atoms with E-state index in [1.165, 1.54) is 0 Å². The summed E-state index contributed by atoms with van der Waals surface area (Å²) < 4.78 is 6.64. The molecule has 0 saturated heterocycles. The summed E-state index contributed by atoms with van der Waals surface area (Å²) >= 11 is 0. The average molecular weight is 415 g/mol. The molecular formula is C26H38O4. The minimum atomic E-state index is -0.201. The highest BCUT2D eigenvalue weighted by atomic mass is 16.5. The zero-order valence-corrected chi connectivity index (χ0v) is 18.8. The summed E-state index contributed by atoms with van der Waals surface area (Å²) in [6.07, 6.45) is 8.44. The highest BCUT2D eigenvalue weighted by molar-refractivity contribution is 5.43. The lowest BCUT2D eigenvalue weighted by atomic mass is 9.37. The average Bonchev–Trinajstić information content (AvgIpc) is 2.72. The van der Waals surface area contributed by atoms with Gasteiger partial charge in [0.1, 0.15) is 17.1 Å². The third kappa shape index (κ3) is 2.59. The van der Waals surface area contributed by atoms with Crippen LogP contribution in [0.25, 0.3) is 0 Å². The number of phenols is 1. The van der Waals surface area contributed by atoms with Crippen LogP contribution in [0.4, 0.5) is 0 Å². The van der Waals surface area contributed by atoms with Gasteiger partial charge in [0, 0.05) is 24.5 Å². The number of aliphatic hydroxyl groups excluding tert-OH is 2. The Labute approximate surface area is 180 Å². The van der Waals surface area contributed by atoms with Gasteiger partial charge in [-0.3, -0.25) is 0 Å². The van der Waals surface area contributed by atoms with Crippen molar-refractivity contribution < 1.29 is 20.1 Å². The SMILES string of the molecule is CC1(CO)CCCC2(CO)C1CCC1(C)C3Cc4cc(O)ccc4OC3(C)CCC12. The number of benzene rings is 1. The fraction of sp³-hybridized carbons (Fsp3) is 0.769. The number of aromatic hydroxyl groups is 1. The summed E-state index contributed by atoms with van der Waals surface area (Å²) in [5.74, 6) is 2.42. The Morgan fingerprint density at radius 2 is 1.70 bits per heavy atom. The van der Waals surface area contributed by atoms with Gasteiger partial charge >= 0.3 is 0 Å². The van der Waals surface area contributed by atoms with Crippen LogP contribution in [-0.2, 0) is 6.42 Å². The van der Waals surface area contributed by atoms with Gasteiger partial charge in [-0.25, -0.2) is 0 Å². The normalized spacial score (nSPS) is 47.3. The zero-order valence-electron chi connectivity index (χ0n) is 18.8. The summed E-state index contributed by atoms with van der Waals surface area (Å²) in [6, 6.07) is 5.51. The van der Waals surface area contributed by atoms with E-state index in [9.17, 15) is 15.3 Å². The van der Waals surface area contributed by atoms with Crippen molar-refractivity contribution in [2.45, 2.75) is 77.7 Å². The summed E-state index contributed by atoms with van der Waals surface area (Å²) in [4.78, 5) is 0. The van der Waals surface area contributed by atoms with E-state index in [2.05, 4.69) is 20.8 Å². The molecule has 0 spiro atoms. The van der Waals surface area contributed by atoms with Gasteiger partial charge < -0.3 is 20.1 Å². The summed E-state index contributed by atoms with van der Waals surface area (Å²) in [6.45, 7) is 7.44. The fourth-order valence-corrected chi connectivity index (χ4v) is 8.90. The molecular weight excluding hydrogens is 376 g/mol. The van der Waals surface area contributed by atoms with Crippen molar-refractivity contribution >= 4 is 0 Å². The van der Waals surface area contributed by atoms with Crippen molar-refractivity contribution in [1.82, 2.24) is 0 Å². The number of hydrogen-bond acceptors (Lipinski definition) is 4. The number of fused-ring (bicyclic) bond motifs is 6. The molecule has 0 bridgehead atoms. The monoisotopic (exact) mass is 414 g/mol. The Bertz CT molecular complexity index is 838. The van der Waals surface area contributed by atoms with E-state index in [1.54, 1.807) is 6.07 Å². The molecule has 3 saturated carbocycles. The summed E-state index contributed by atoms with van der Waals surface area (Å²) in [5, 5.41) is 31.2. The number of phenolic OH excluding ortho intramolecular Hbond substituents is 1. The zero-order chi connectivity index (χ0) is 21.4. The fourth-order valence-electron chi connectivity index (χ4n) is 8.90. The van der Waals surface area contributed by atoms with Crippen molar-refractivity contribution in [2.75, 3.05) is 13.2 Å². The van der Waals surface area contributed by atoms with Crippen LogP contribution in [-0.4, -0.2) is 34.1 Å². The first-order valence-electron chi connectivity index (χ1n) is 11.9. The van der Waals surface area contributed by atoms with Gasteiger partial charge in [0.15, 0.2) is 0 Å². The topological polar surface area (TPSA) is 69.9 Å². The van der Waals surface area contributed by atoms with Gasteiger partial charge in [-0.15, -0.1) is 0 Å². The maximum Gasteiger partial charge on any atom is 0.123 e. The lowest BCUT2D eigenvalue weighted by Crippen LogP contribution is -2.66. The predicted octanol–water partition coefficient (Wildman–Crippen LogP) is 4.69. The highest BCUT2D eigenvalue weighted by Crippen LogP contribution is 2.70. The van der Waals surface area contributed by atoms with Gasteiger partial charge in [0.25, 0.3) is 0 Å². The Kier molecular flexibility index (Phi) is 4.55. The number of ether oxygens (including phenoxy) is 1. The van der Waals surface area contributed by atoms with Crippen LogP contribution < -0.4 is 4.74 Å². The Balaban J connectivity index is 1.57. The van der Waals surface area contributed by atoms with Crippen molar-refractivity contribution in [2.24, 2.45) is 34.0 Å². The van der Waals surface area contributed by atoms with Crippen LogP contribution in [0.3, 0.4) is 0 Å². The molecule has 7 atom stereocenters. The molecule has 166 valence electrons. The van der Waals surface area contributed by atoms with Gasteiger partial charge in [0.05, 0.1) is 0 Å². The Morgan fingerprint density at radius 1 is 0.933 bits per heavy atom. The molecule has 3 fully saturated rings. The number of rotatable bonds is 2. The van der Waals surface area contributed by atoms with E-state index in [-0.39, 0.29) is 35.1 Å². The van der Waals surface area contributed by atoms with E-state index in [4.69, 9.17) is 4.74 Å². The number of hydrogen-bond donors (Lipinski definition) is 3. The van der Waals surface area contributed by atoms with E-state index in [1.807, 2.05) is 12.1 Å². The van der Waals surface area contributed by atoms with Crippen molar-refractivity contribution in [1.29, 1.82) is 0 Å². The minimum Gasteiger partial charge on any atom is -0.508 e. The van der Waals surface area contributed by atoms with Crippen LogP contribution in [0, 0.1) is 34.0 Å². The van der Waals surface area contributed by atoms with E-state index >= 15 is 0 Å². The van der Waals surface area contributed by atoms with Crippen LogP contribution in [0.15, 0.2) is 18.2 Å². The second-order valence-corrected chi connectivity index (χ2v) is 11.7. The molecule has 3 aliphatic carbocycles. The van der Waals surface area contributed by atoms with Crippen molar-refractivity contribution in [3.05, 3.63) is 23.8 Å². The van der Waals surface area contributed by atoms with Gasteiger partial charge in [0.2, 0.25) is 0 Å². The van der Waals surface area contributed by atoms with Crippen LogP contribution in [0.1, 0.15) is 71.3 Å². The molecule has 0 radical (unpaired) electrons. The highest BCUT2D eigenvalue weighted by Gasteiger charge is 2.67. The summed E-state index contributed by atoms with van der Waals surface area (Å²) in [7, 11) is 0. The smallest absolute Gasteiger partial charge is 0.123 e. The molecule has 30 heavy (non-hydrogen) atoms. The quantitative estimate of drug-likeness (QED) is 0.657. The lowest BCUT2D eigenvalue weighted by Gasteiger charge is -2.69. The largest absolute Gasteiger partial charge is 0.508 e. The second-order valence-electron chi connectivity index (χ2n) is 11.7. The molecule has 5 rings (SSSR count). The molecule has 4 nitrogen and oxygen atoms in total. The van der Waals surface area contributed by atoms with Gasteiger partial charge in [-0.2, -0.15) is 0 Å². The first kappa shape index (κ1) is 20.6. The van der Waals surface area contributed by atoms with E-state index in [0.717, 1.165) is 62.7 Å². The molecule has 1 aliphatic heterocycles. The predicted molar refractivity (Wildman–Crippen MR) is 116 cm³/mol. The molecule has 1 aromatic carbocycles. The molecule has 1 heterocycles. The molecule has 3 N–H and O–H groups in total. The van der Waals surface area contributed by atoms with Crippen LogP contribution in [0.2, 0.25) is 0 Å². The third-order valence-corrected chi connectivity index (χ3v) is 10.3. The lowest BCUT2D eigenvalue weighted by molar-refractivity contribution is -0.229. The summed E-state index contributed by atoms with van der Waals surface area (Å²) in [5.41, 5.74) is 0.827. The second kappa shape index (κ2) is 6.62. The molecule has 1 aromatic rings. The molecule has 4 heteroatoms. The van der Waals surface area contributed by atoms with E-state index in [0.29, 0.717) is 23.5 Å². The molecule has 0 aromatic heterocycles. The van der Waals surface area contributed by atoms with Crippen molar-refractivity contribution in [3.8, 4) is 11.5 Å². The van der Waals surface area contributed by atoms with Crippen molar-refractivity contribution in [3.63, 3.8) is 0 Å². The number of aliphatic hydroxyl groups is 2. The standard InChI is InChI=1S/C26H38O4/c1-23(15-27)9-4-10-26(16-28)20(23)7-11-24(2)21(26)8-12-25(3)22(24)14-17-13-18(29)5-6-19(17)30-25/h5-6,13,20-22,27-29H,4,7-12,14-16H2,1-3H3. The van der Waals surface area contributed by atoms with Gasteiger partial charge in [-0.05, 0) is 98.3 Å².